The summed E-state index contributed by atoms with van der Waals surface area (Å²) >= 11 is 0. The summed E-state index contributed by atoms with van der Waals surface area (Å²) in [6.07, 6.45) is 7.27. The minimum atomic E-state index is -0.608. The minimum absolute atomic E-state index is 0.155. The molecule has 3 nitrogen and oxygen atoms in total. The molecule has 3 saturated carbocycles. The van der Waals surface area contributed by atoms with Gasteiger partial charge >= 0.3 is 0 Å². The van der Waals surface area contributed by atoms with Gasteiger partial charge in [0.25, 0.3) is 0 Å². The molecular formula is C16H16N2O. The van der Waals surface area contributed by atoms with Crippen molar-refractivity contribution in [3.63, 3.8) is 0 Å². The lowest BCUT2D eigenvalue weighted by molar-refractivity contribution is -0.121. The van der Waals surface area contributed by atoms with Crippen LogP contribution in [0, 0.1) is 40.9 Å². The quantitative estimate of drug-likeness (QED) is 0.830. The number of aromatic nitrogens is 1. The zero-order chi connectivity index (χ0) is 13.0. The van der Waals surface area contributed by atoms with E-state index in [0.717, 1.165) is 17.4 Å². The standard InChI is InChI=1S/C16H16N2O/c17-7-12(11-2-1-5-18-8-11)16(19)15-13-9-3-4-10(6-9)14(13)15/h1-2,5,8-10,12-15H,3-4,6H2. The lowest BCUT2D eigenvalue weighted by Crippen LogP contribution is -2.17. The van der Waals surface area contributed by atoms with Gasteiger partial charge in [-0.05, 0) is 54.6 Å². The van der Waals surface area contributed by atoms with Crippen LogP contribution in [0.1, 0.15) is 30.7 Å². The SMILES string of the molecule is N#CC(C(=O)C1C2C3CCC(C3)C12)c1cccnc1. The van der Waals surface area contributed by atoms with Gasteiger partial charge in [-0.15, -0.1) is 0 Å². The molecule has 0 spiro atoms. The average molecular weight is 252 g/mol. The molecule has 96 valence electrons. The van der Waals surface area contributed by atoms with E-state index in [4.69, 9.17) is 0 Å². The fourth-order valence-corrected chi connectivity index (χ4v) is 4.75. The number of rotatable bonds is 3. The summed E-state index contributed by atoms with van der Waals surface area (Å²) in [5, 5.41) is 9.34. The molecule has 0 N–H and O–H groups in total. The summed E-state index contributed by atoms with van der Waals surface area (Å²) in [7, 11) is 0. The topological polar surface area (TPSA) is 53.8 Å². The molecule has 1 aromatic rings. The Morgan fingerprint density at radius 3 is 2.68 bits per heavy atom. The largest absolute Gasteiger partial charge is 0.298 e. The van der Waals surface area contributed by atoms with Crippen LogP contribution in [0.2, 0.25) is 0 Å². The van der Waals surface area contributed by atoms with Gasteiger partial charge in [0, 0.05) is 18.3 Å². The maximum absolute atomic E-state index is 12.6. The van der Waals surface area contributed by atoms with Crippen LogP contribution in [0.4, 0.5) is 0 Å². The average Bonchev–Trinajstić information content (AvgIpc) is 2.89. The van der Waals surface area contributed by atoms with Crippen molar-refractivity contribution in [3.8, 4) is 6.07 Å². The van der Waals surface area contributed by atoms with Crippen LogP contribution in [0.5, 0.6) is 0 Å². The van der Waals surface area contributed by atoms with E-state index in [1.54, 1.807) is 18.5 Å². The van der Waals surface area contributed by atoms with Gasteiger partial charge < -0.3 is 0 Å². The Balaban J connectivity index is 1.57. The van der Waals surface area contributed by atoms with E-state index in [1.165, 1.54) is 19.3 Å². The Morgan fingerprint density at radius 2 is 2.11 bits per heavy atom. The van der Waals surface area contributed by atoms with Crippen molar-refractivity contribution in [1.29, 1.82) is 5.26 Å². The summed E-state index contributed by atoms with van der Waals surface area (Å²) < 4.78 is 0. The van der Waals surface area contributed by atoms with Gasteiger partial charge in [-0.25, -0.2) is 0 Å². The Morgan fingerprint density at radius 1 is 1.37 bits per heavy atom. The van der Waals surface area contributed by atoms with Crippen molar-refractivity contribution in [3.05, 3.63) is 30.1 Å². The van der Waals surface area contributed by atoms with Crippen molar-refractivity contribution in [2.24, 2.45) is 29.6 Å². The van der Waals surface area contributed by atoms with E-state index in [0.29, 0.717) is 11.8 Å². The molecule has 0 saturated heterocycles. The molecule has 0 radical (unpaired) electrons. The first-order chi connectivity index (χ1) is 9.31. The fraction of sp³-hybridized carbons (Fsp3) is 0.562. The van der Waals surface area contributed by atoms with E-state index < -0.39 is 5.92 Å². The summed E-state index contributed by atoms with van der Waals surface area (Å²) in [5.41, 5.74) is 0.757. The smallest absolute Gasteiger partial charge is 0.158 e. The number of Topliss-reactive ketones (excluding diaryl/α,β-unsaturated/α-hetero) is 1. The molecule has 3 fully saturated rings. The second-order valence-corrected chi connectivity index (χ2v) is 6.26. The van der Waals surface area contributed by atoms with Crippen molar-refractivity contribution in [2.75, 3.05) is 0 Å². The highest BCUT2D eigenvalue weighted by atomic mass is 16.1. The first-order valence-electron chi connectivity index (χ1n) is 7.14. The summed E-state index contributed by atoms with van der Waals surface area (Å²) in [5.74, 6) is 2.49. The molecule has 2 bridgehead atoms. The summed E-state index contributed by atoms with van der Waals surface area (Å²) in [6.45, 7) is 0. The highest BCUT2D eigenvalue weighted by Crippen LogP contribution is 2.70. The molecule has 5 unspecified atom stereocenters. The monoisotopic (exact) mass is 252 g/mol. The van der Waals surface area contributed by atoms with Gasteiger partial charge in [0.15, 0.2) is 5.78 Å². The first-order valence-corrected chi connectivity index (χ1v) is 7.14. The number of hydrogen-bond acceptors (Lipinski definition) is 3. The summed E-state index contributed by atoms with van der Waals surface area (Å²) in [6, 6.07) is 5.82. The molecule has 19 heavy (non-hydrogen) atoms. The molecule has 3 heteroatoms. The van der Waals surface area contributed by atoms with Crippen molar-refractivity contribution in [2.45, 2.75) is 25.2 Å². The van der Waals surface area contributed by atoms with Crippen LogP contribution in [-0.4, -0.2) is 10.8 Å². The number of pyridine rings is 1. The Kier molecular flexibility index (Phi) is 2.29. The molecule has 0 aromatic carbocycles. The molecule has 4 rings (SSSR count). The third-order valence-electron chi connectivity index (χ3n) is 5.50. The fourth-order valence-electron chi connectivity index (χ4n) is 4.75. The van der Waals surface area contributed by atoms with Crippen LogP contribution < -0.4 is 0 Å². The molecule has 0 amide bonds. The van der Waals surface area contributed by atoms with Crippen LogP contribution in [0.15, 0.2) is 24.5 Å². The third kappa shape index (κ3) is 1.49. The van der Waals surface area contributed by atoms with Crippen LogP contribution in [0.25, 0.3) is 0 Å². The maximum atomic E-state index is 12.6. The van der Waals surface area contributed by atoms with E-state index in [1.807, 2.05) is 6.07 Å². The highest BCUT2D eigenvalue weighted by molar-refractivity contribution is 5.93. The number of nitriles is 1. The Labute approximate surface area is 112 Å². The Hall–Kier alpha value is -1.69. The van der Waals surface area contributed by atoms with E-state index in [2.05, 4.69) is 11.1 Å². The summed E-state index contributed by atoms with van der Waals surface area (Å²) in [4.78, 5) is 16.6. The van der Waals surface area contributed by atoms with Gasteiger partial charge in [-0.3, -0.25) is 9.78 Å². The van der Waals surface area contributed by atoms with E-state index in [-0.39, 0.29) is 11.7 Å². The van der Waals surface area contributed by atoms with E-state index >= 15 is 0 Å². The molecule has 5 atom stereocenters. The number of hydrogen-bond donors (Lipinski definition) is 0. The number of carbonyl (C=O) groups excluding carboxylic acids is 1. The molecule has 1 aromatic heterocycles. The van der Waals surface area contributed by atoms with Gasteiger partial charge in [0.1, 0.15) is 5.92 Å². The lowest BCUT2D eigenvalue weighted by atomic mass is 9.90. The Bertz CT molecular complexity index is 546. The zero-order valence-corrected chi connectivity index (χ0v) is 10.7. The number of nitrogens with zero attached hydrogens (tertiary/aromatic N) is 2. The molecule has 1 heterocycles. The van der Waals surface area contributed by atoms with Crippen LogP contribution in [0.3, 0.4) is 0 Å². The number of carbonyl (C=O) groups is 1. The predicted molar refractivity (Wildman–Crippen MR) is 68.9 cm³/mol. The lowest BCUT2D eigenvalue weighted by Gasteiger charge is -2.11. The number of fused-ring (bicyclic) bond motifs is 5. The zero-order valence-electron chi connectivity index (χ0n) is 10.7. The second kappa shape index (κ2) is 3.90. The second-order valence-electron chi connectivity index (χ2n) is 6.26. The normalized spacial score (nSPS) is 39.4. The van der Waals surface area contributed by atoms with Crippen molar-refractivity contribution >= 4 is 5.78 Å². The third-order valence-corrected chi connectivity index (χ3v) is 5.50. The predicted octanol–water partition coefficient (Wildman–Crippen LogP) is 2.55. The minimum Gasteiger partial charge on any atom is -0.298 e. The van der Waals surface area contributed by atoms with Crippen LogP contribution >= 0.6 is 0 Å². The highest BCUT2D eigenvalue weighted by Gasteiger charge is 2.67. The van der Waals surface area contributed by atoms with Gasteiger partial charge in [0.05, 0.1) is 6.07 Å². The maximum Gasteiger partial charge on any atom is 0.158 e. The molecule has 0 aliphatic heterocycles. The molecular weight excluding hydrogens is 236 g/mol. The molecule has 3 aliphatic rings. The van der Waals surface area contributed by atoms with Crippen molar-refractivity contribution in [1.82, 2.24) is 4.98 Å². The number of ketones is 1. The van der Waals surface area contributed by atoms with Crippen molar-refractivity contribution < 1.29 is 4.79 Å². The van der Waals surface area contributed by atoms with Crippen LogP contribution in [-0.2, 0) is 4.79 Å². The van der Waals surface area contributed by atoms with Gasteiger partial charge in [-0.1, -0.05) is 6.07 Å². The first kappa shape index (κ1) is 11.2. The molecule has 3 aliphatic carbocycles. The van der Waals surface area contributed by atoms with Gasteiger partial charge in [-0.2, -0.15) is 5.26 Å². The van der Waals surface area contributed by atoms with E-state index in [9.17, 15) is 10.1 Å². The van der Waals surface area contributed by atoms with Gasteiger partial charge in [0.2, 0.25) is 0 Å².